The molecule has 138 valence electrons. The van der Waals surface area contributed by atoms with Crippen LogP contribution in [0, 0.1) is 5.92 Å². The van der Waals surface area contributed by atoms with Crippen molar-refractivity contribution in [1.82, 2.24) is 4.90 Å². The molecule has 1 fully saturated rings. The summed E-state index contributed by atoms with van der Waals surface area (Å²) in [7, 11) is 1.55. The number of piperidine rings is 1. The molecular formula is C18H24BrNO5. The molecule has 1 atom stereocenters. The van der Waals surface area contributed by atoms with Crippen molar-refractivity contribution >= 4 is 27.8 Å². The van der Waals surface area contributed by atoms with Gasteiger partial charge in [0, 0.05) is 18.7 Å². The number of rotatable bonds is 6. The van der Waals surface area contributed by atoms with E-state index >= 15 is 0 Å². The summed E-state index contributed by atoms with van der Waals surface area (Å²) in [6.07, 6.45) is 1.53. The van der Waals surface area contributed by atoms with Crippen molar-refractivity contribution in [3.63, 3.8) is 0 Å². The highest BCUT2D eigenvalue weighted by Crippen LogP contribution is 2.37. The van der Waals surface area contributed by atoms with Crippen LogP contribution in [0.4, 0.5) is 0 Å². The first-order valence-electron chi connectivity index (χ1n) is 8.48. The fourth-order valence-electron chi connectivity index (χ4n) is 2.95. The van der Waals surface area contributed by atoms with Gasteiger partial charge in [0.25, 0.3) is 5.91 Å². The van der Waals surface area contributed by atoms with E-state index in [0.29, 0.717) is 47.8 Å². The maximum Gasteiger partial charge on any atom is 0.310 e. The Balaban J connectivity index is 2.20. The van der Waals surface area contributed by atoms with Gasteiger partial charge >= 0.3 is 5.97 Å². The van der Waals surface area contributed by atoms with Crippen LogP contribution in [0.5, 0.6) is 11.5 Å². The molecule has 1 heterocycles. The van der Waals surface area contributed by atoms with Gasteiger partial charge in [0.15, 0.2) is 11.5 Å². The molecule has 6 nitrogen and oxygen atoms in total. The molecule has 2 rings (SSSR count). The number of halogens is 1. The number of likely N-dealkylation sites (tertiary alicyclic amines) is 1. The van der Waals surface area contributed by atoms with E-state index in [4.69, 9.17) is 14.2 Å². The summed E-state index contributed by atoms with van der Waals surface area (Å²) < 4.78 is 16.7. The highest BCUT2D eigenvalue weighted by Gasteiger charge is 2.30. The van der Waals surface area contributed by atoms with Gasteiger partial charge < -0.3 is 19.1 Å². The Labute approximate surface area is 156 Å². The molecule has 1 aliphatic heterocycles. The smallest absolute Gasteiger partial charge is 0.310 e. The Hall–Kier alpha value is -1.76. The molecule has 0 aromatic heterocycles. The number of hydrogen-bond donors (Lipinski definition) is 0. The van der Waals surface area contributed by atoms with Gasteiger partial charge in [-0.05, 0) is 54.8 Å². The first-order chi connectivity index (χ1) is 12.0. The second-order valence-electron chi connectivity index (χ2n) is 5.76. The van der Waals surface area contributed by atoms with Crippen LogP contribution in [-0.2, 0) is 9.53 Å². The molecule has 0 radical (unpaired) electrons. The number of nitrogens with zero attached hydrogens (tertiary/aromatic N) is 1. The third-order valence-electron chi connectivity index (χ3n) is 4.09. The van der Waals surface area contributed by atoms with E-state index in [1.807, 2.05) is 6.92 Å². The lowest BCUT2D eigenvalue weighted by atomic mass is 9.97. The standard InChI is InChI=1S/C18H24BrNO5/c1-4-24-15-10-13(9-14(19)16(15)23-3)17(21)20-8-6-7-12(11-20)18(22)25-5-2/h9-10,12H,4-8,11H2,1-3H3. The number of esters is 1. The summed E-state index contributed by atoms with van der Waals surface area (Å²) in [5.74, 6) is 0.457. The topological polar surface area (TPSA) is 65.1 Å². The van der Waals surface area contributed by atoms with E-state index < -0.39 is 0 Å². The van der Waals surface area contributed by atoms with Crippen LogP contribution in [0.1, 0.15) is 37.0 Å². The molecule has 0 saturated carbocycles. The molecule has 1 amide bonds. The Morgan fingerprint density at radius 2 is 2.04 bits per heavy atom. The number of ether oxygens (including phenoxy) is 3. The van der Waals surface area contributed by atoms with Crippen molar-refractivity contribution in [2.45, 2.75) is 26.7 Å². The predicted molar refractivity (Wildman–Crippen MR) is 97.1 cm³/mol. The average molecular weight is 414 g/mol. The Kier molecular flexibility index (Phi) is 7.11. The Bertz CT molecular complexity index is 634. The molecule has 1 aromatic rings. The van der Waals surface area contributed by atoms with Crippen molar-refractivity contribution in [3.05, 3.63) is 22.2 Å². The van der Waals surface area contributed by atoms with Crippen LogP contribution in [0.15, 0.2) is 16.6 Å². The van der Waals surface area contributed by atoms with Gasteiger partial charge in [0.1, 0.15) is 0 Å². The minimum Gasteiger partial charge on any atom is -0.492 e. The quantitative estimate of drug-likeness (QED) is 0.669. The zero-order valence-electron chi connectivity index (χ0n) is 14.8. The molecule has 1 aromatic carbocycles. The van der Waals surface area contributed by atoms with Gasteiger partial charge in [0.05, 0.1) is 30.7 Å². The van der Waals surface area contributed by atoms with Crippen LogP contribution in [0.3, 0.4) is 0 Å². The molecule has 1 aliphatic rings. The van der Waals surface area contributed by atoms with Crippen LogP contribution in [0.25, 0.3) is 0 Å². The summed E-state index contributed by atoms with van der Waals surface area (Å²) in [4.78, 5) is 26.6. The van der Waals surface area contributed by atoms with E-state index in [9.17, 15) is 9.59 Å². The molecule has 0 bridgehead atoms. The Morgan fingerprint density at radius 3 is 2.68 bits per heavy atom. The van der Waals surface area contributed by atoms with Gasteiger partial charge in [-0.3, -0.25) is 9.59 Å². The lowest BCUT2D eigenvalue weighted by molar-refractivity contribution is -0.149. The molecule has 7 heteroatoms. The van der Waals surface area contributed by atoms with E-state index in [0.717, 1.165) is 12.8 Å². The van der Waals surface area contributed by atoms with Gasteiger partial charge in [0.2, 0.25) is 0 Å². The average Bonchev–Trinajstić information content (AvgIpc) is 2.61. The lowest BCUT2D eigenvalue weighted by Crippen LogP contribution is -2.42. The zero-order chi connectivity index (χ0) is 18.4. The molecule has 1 saturated heterocycles. The fraction of sp³-hybridized carbons (Fsp3) is 0.556. The molecule has 0 aliphatic carbocycles. The van der Waals surface area contributed by atoms with Crippen LogP contribution in [0.2, 0.25) is 0 Å². The van der Waals surface area contributed by atoms with E-state index in [1.165, 1.54) is 0 Å². The number of carbonyl (C=O) groups is 2. The van der Waals surface area contributed by atoms with Gasteiger partial charge in [-0.2, -0.15) is 0 Å². The molecule has 1 unspecified atom stereocenters. The largest absolute Gasteiger partial charge is 0.492 e. The van der Waals surface area contributed by atoms with Crippen molar-refractivity contribution in [3.8, 4) is 11.5 Å². The van der Waals surface area contributed by atoms with Crippen LogP contribution in [-0.4, -0.2) is 50.2 Å². The fourth-order valence-corrected chi connectivity index (χ4v) is 3.55. The van der Waals surface area contributed by atoms with Crippen LogP contribution < -0.4 is 9.47 Å². The summed E-state index contributed by atoms with van der Waals surface area (Å²) in [5, 5.41) is 0. The first kappa shape index (κ1) is 19.6. The minimum atomic E-state index is -0.259. The van der Waals surface area contributed by atoms with Crippen LogP contribution >= 0.6 is 15.9 Å². The second kappa shape index (κ2) is 9.08. The van der Waals surface area contributed by atoms with Gasteiger partial charge in [-0.15, -0.1) is 0 Å². The van der Waals surface area contributed by atoms with Crippen molar-refractivity contribution in [2.75, 3.05) is 33.4 Å². The predicted octanol–water partition coefficient (Wildman–Crippen LogP) is 3.27. The lowest BCUT2D eigenvalue weighted by Gasteiger charge is -2.31. The second-order valence-corrected chi connectivity index (χ2v) is 6.62. The molecule has 25 heavy (non-hydrogen) atoms. The third kappa shape index (κ3) is 4.66. The van der Waals surface area contributed by atoms with Crippen molar-refractivity contribution in [2.24, 2.45) is 5.92 Å². The normalized spacial score (nSPS) is 17.1. The summed E-state index contributed by atoms with van der Waals surface area (Å²) >= 11 is 3.43. The third-order valence-corrected chi connectivity index (χ3v) is 4.68. The van der Waals surface area contributed by atoms with Gasteiger partial charge in [-0.1, -0.05) is 0 Å². The van der Waals surface area contributed by atoms with E-state index in [-0.39, 0.29) is 17.8 Å². The highest BCUT2D eigenvalue weighted by atomic mass is 79.9. The van der Waals surface area contributed by atoms with Crippen molar-refractivity contribution in [1.29, 1.82) is 0 Å². The Morgan fingerprint density at radius 1 is 1.28 bits per heavy atom. The summed E-state index contributed by atoms with van der Waals surface area (Å²) in [6, 6.07) is 3.40. The number of carbonyl (C=O) groups excluding carboxylic acids is 2. The molecular weight excluding hydrogens is 390 g/mol. The maximum atomic E-state index is 12.9. The van der Waals surface area contributed by atoms with Crippen molar-refractivity contribution < 1.29 is 23.8 Å². The first-order valence-corrected chi connectivity index (χ1v) is 9.27. The highest BCUT2D eigenvalue weighted by molar-refractivity contribution is 9.10. The van der Waals surface area contributed by atoms with E-state index in [1.54, 1.807) is 31.1 Å². The number of amides is 1. The summed E-state index contributed by atoms with van der Waals surface area (Å²) in [6.45, 7) is 5.49. The molecule has 0 spiro atoms. The number of methoxy groups -OCH3 is 1. The van der Waals surface area contributed by atoms with Gasteiger partial charge in [-0.25, -0.2) is 0 Å². The minimum absolute atomic E-state index is 0.127. The summed E-state index contributed by atoms with van der Waals surface area (Å²) in [5.41, 5.74) is 0.501. The number of hydrogen-bond acceptors (Lipinski definition) is 5. The number of benzene rings is 1. The molecule has 0 N–H and O–H groups in total. The SMILES string of the molecule is CCOC(=O)C1CCCN(C(=O)c2cc(Br)c(OC)c(OCC)c2)C1. The maximum absolute atomic E-state index is 12.9. The zero-order valence-corrected chi connectivity index (χ0v) is 16.4. The van der Waals surface area contributed by atoms with E-state index in [2.05, 4.69) is 15.9 Å². The monoisotopic (exact) mass is 413 g/mol.